The lowest BCUT2D eigenvalue weighted by atomic mass is 9.88. The minimum Gasteiger partial charge on any atom is -0.377 e. The number of aliphatic hydroxyl groups excluding tert-OH is 1. The molecule has 0 saturated carbocycles. The van der Waals surface area contributed by atoms with Crippen molar-refractivity contribution < 1.29 is 9.90 Å². The Kier molecular flexibility index (Phi) is 4.70. The van der Waals surface area contributed by atoms with Crippen molar-refractivity contribution in [3.8, 4) is 0 Å². The minimum atomic E-state index is -0.324. The molecule has 0 bridgehead atoms. The molecule has 1 amide bonds. The maximum Gasteiger partial charge on any atom is 0.222 e. The third-order valence-corrected chi connectivity index (χ3v) is 3.07. The van der Waals surface area contributed by atoms with Gasteiger partial charge < -0.3 is 10.4 Å². The average molecular weight is 255 g/mol. The predicted molar refractivity (Wildman–Crippen MR) is 74.6 cm³/mol. The van der Waals surface area contributed by atoms with Crippen LogP contribution in [0.3, 0.4) is 0 Å². The molecule has 0 heterocycles. The Balaban J connectivity index is 2.26. The van der Waals surface area contributed by atoms with Gasteiger partial charge in [0.15, 0.2) is 0 Å². The molecule has 2 N–H and O–H groups in total. The first-order chi connectivity index (χ1) is 9.31. The lowest BCUT2D eigenvalue weighted by Crippen LogP contribution is -2.26. The summed E-state index contributed by atoms with van der Waals surface area (Å²) in [5.41, 5.74) is 2.20. The van der Waals surface area contributed by atoms with Gasteiger partial charge in [-0.25, -0.2) is 0 Å². The Morgan fingerprint density at radius 3 is 1.84 bits per heavy atom. The average Bonchev–Trinajstić information content (AvgIpc) is 2.47. The molecule has 3 nitrogen and oxygen atoms in total. The van der Waals surface area contributed by atoms with Crippen molar-refractivity contribution in [1.82, 2.24) is 5.32 Å². The summed E-state index contributed by atoms with van der Waals surface area (Å²) in [4.78, 5) is 11.7. The second-order valence-electron chi connectivity index (χ2n) is 4.34. The van der Waals surface area contributed by atoms with Gasteiger partial charge in [-0.3, -0.25) is 4.79 Å². The highest BCUT2D eigenvalue weighted by Gasteiger charge is 2.17. The SMILES string of the molecule is O=C(CC(c1ccccc1)c1ccccc1)NCO. The summed E-state index contributed by atoms with van der Waals surface area (Å²) in [5.74, 6) is -0.144. The molecule has 0 atom stereocenters. The molecule has 0 aliphatic rings. The predicted octanol–water partition coefficient (Wildman–Crippen LogP) is 2.27. The summed E-state index contributed by atoms with van der Waals surface area (Å²) < 4.78 is 0. The van der Waals surface area contributed by atoms with Gasteiger partial charge in [0.05, 0.1) is 0 Å². The zero-order chi connectivity index (χ0) is 13.5. The Labute approximate surface area is 112 Å². The van der Waals surface area contributed by atoms with E-state index in [1.807, 2.05) is 60.7 Å². The van der Waals surface area contributed by atoms with E-state index in [9.17, 15) is 4.79 Å². The summed E-state index contributed by atoms with van der Waals surface area (Å²) in [6.07, 6.45) is 0.328. The van der Waals surface area contributed by atoms with Crippen LogP contribution in [0.25, 0.3) is 0 Å². The molecule has 0 spiro atoms. The lowest BCUT2D eigenvalue weighted by molar-refractivity contribution is -0.122. The highest BCUT2D eigenvalue weighted by Crippen LogP contribution is 2.27. The molecule has 0 radical (unpaired) electrons. The van der Waals surface area contributed by atoms with Crippen LogP contribution in [0.2, 0.25) is 0 Å². The number of hydrogen-bond acceptors (Lipinski definition) is 2. The van der Waals surface area contributed by atoms with Crippen LogP contribution in [0.4, 0.5) is 0 Å². The molecule has 0 aromatic heterocycles. The quantitative estimate of drug-likeness (QED) is 0.805. The normalized spacial score (nSPS) is 10.4. The number of amides is 1. The van der Waals surface area contributed by atoms with Gasteiger partial charge in [-0.2, -0.15) is 0 Å². The monoisotopic (exact) mass is 255 g/mol. The van der Waals surface area contributed by atoms with E-state index in [0.29, 0.717) is 6.42 Å². The summed E-state index contributed by atoms with van der Waals surface area (Å²) in [5, 5.41) is 11.2. The Bertz CT molecular complexity index is 471. The molecule has 0 aliphatic heterocycles. The number of nitrogens with one attached hydrogen (secondary N) is 1. The van der Waals surface area contributed by atoms with Gasteiger partial charge in [-0.1, -0.05) is 60.7 Å². The van der Waals surface area contributed by atoms with Crippen molar-refractivity contribution in [2.24, 2.45) is 0 Å². The fraction of sp³-hybridized carbons (Fsp3) is 0.188. The number of carbonyl (C=O) groups excluding carboxylic acids is 1. The van der Waals surface area contributed by atoms with Gasteiger partial charge >= 0.3 is 0 Å². The maximum atomic E-state index is 11.7. The first-order valence-corrected chi connectivity index (χ1v) is 6.28. The van der Waals surface area contributed by atoms with Crippen molar-refractivity contribution in [2.45, 2.75) is 12.3 Å². The Hall–Kier alpha value is -2.13. The molecule has 2 rings (SSSR count). The van der Waals surface area contributed by atoms with Gasteiger partial charge in [0.25, 0.3) is 0 Å². The van der Waals surface area contributed by atoms with E-state index in [2.05, 4.69) is 5.32 Å². The van der Waals surface area contributed by atoms with Crippen LogP contribution in [-0.4, -0.2) is 17.7 Å². The van der Waals surface area contributed by atoms with Gasteiger partial charge in [-0.05, 0) is 11.1 Å². The van der Waals surface area contributed by atoms with E-state index in [-0.39, 0.29) is 18.6 Å². The molecule has 2 aromatic rings. The van der Waals surface area contributed by atoms with Crippen molar-refractivity contribution in [2.75, 3.05) is 6.73 Å². The topological polar surface area (TPSA) is 49.3 Å². The van der Waals surface area contributed by atoms with E-state index < -0.39 is 0 Å². The second-order valence-corrected chi connectivity index (χ2v) is 4.34. The van der Waals surface area contributed by atoms with Crippen molar-refractivity contribution in [1.29, 1.82) is 0 Å². The zero-order valence-electron chi connectivity index (χ0n) is 10.6. The first-order valence-electron chi connectivity index (χ1n) is 6.28. The van der Waals surface area contributed by atoms with Crippen molar-refractivity contribution in [3.05, 3.63) is 71.8 Å². The minimum absolute atomic E-state index is 0.00829. The highest BCUT2D eigenvalue weighted by atomic mass is 16.3. The molecule has 3 heteroatoms. The molecule has 0 fully saturated rings. The van der Waals surface area contributed by atoms with Crippen LogP contribution in [0.1, 0.15) is 23.5 Å². The number of hydrogen-bond donors (Lipinski definition) is 2. The van der Waals surface area contributed by atoms with Crippen LogP contribution < -0.4 is 5.32 Å². The van der Waals surface area contributed by atoms with Gasteiger partial charge in [0.2, 0.25) is 5.91 Å². The van der Waals surface area contributed by atoms with E-state index in [4.69, 9.17) is 5.11 Å². The fourth-order valence-electron chi connectivity index (χ4n) is 2.14. The zero-order valence-corrected chi connectivity index (χ0v) is 10.6. The number of carbonyl (C=O) groups is 1. The van der Waals surface area contributed by atoms with Gasteiger partial charge in [-0.15, -0.1) is 0 Å². The van der Waals surface area contributed by atoms with Gasteiger partial charge in [0.1, 0.15) is 6.73 Å². The lowest BCUT2D eigenvalue weighted by Gasteiger charge is -2.17. The first kappa shape index (κ1) is 13.3. The smallest absolute Gasteiger partial charge is 0.222 e. The van der Waals surface area contributed by atoms with Crippen LogP contribution in [0.15, 0.2) is 60.7 Å². The number of benzene rings is 2. The standard InChI is InChI=1S/C16H17NO2/c18-12-17-16(19)11-15(13-7-3-1-4-8-13)14-9-5-2-6-10-14/h1-10,15,18H,11-12H2,(H,17,19). The summed E-state index contributed by atoms with van der Waals surface area (Å²) in [7, 11) is 0. The molecule has 0 unspecified atom stereocenters. The Morgan fingerprint density at radius 2 is 1.42 bits per heavy atom. The highest BCUT2D eigenvalue weighted by molar-refractivity contribution is 5.77. The maximum absolute atomic E-state index is 11.7. The molecule has 0 saturated heterocycles. The fourth-order valence-corrected chi connectivity index (χ4v) is 2.14. The van der Waals surface area contributed by atoms with Crippen LogP contribution in [0.5, 0.6) is 0 Å². The van der Waals surface area contributed by atoms with E-state index in [0.717, 1.165) is 11.1 Å². The largest absolute Gasteiger partial charge is 0.377 e. The van der Waals surface area contributed by atoms with Crippen molar-refractivity contribution in [3.63, 3.8) is 0 Å². The summed E-state index contributed by atoms with van der Waals surface area (Å²) in [6.45, 7) is -0.324. The number of aliphatic hydroxyl groups is 1. The van der Waals surface area contributed by atoms with E-state index in [1.165, 1.54) is 0 Å². The molecule has 0 aliphatic carbocycles. The molecule has 98 valence electrons. The Morgan fingerprint density at radius 1 is 0.947 bits per heavy atom. The van der Waals surface area contributed by atoms with Crippen LogP contribution in [0, 0.1) is 0 Å². The third kappa shape index (κ3) is 3.66. The van der Waals surface area contributed by atoms with Crippen molar-refractivity contribution >= 4 is 5.91 Å². The van der Waals surface area contributed by atoms with Crippen LogP contribution >= 0.6 is 0 Å². The van der Waals surface area contributed by atoms with Gasteiger partial charge in [0, 0.05) is 12.3 Å². The van der Waals surface area contributed by atoms with Crippen LogP contribution in [-0.2, 0) is 4.79 Å². The van der Waals surface area contributed by atoms with E-state index in [1.54, 1.807) is 0 Å². The molecule has 2 aromatic carbocycles. The third-order valence-electron chi connectivity index (χ3n) is 3.07. The summed E-state index contributed by atoms with van der Waals surface area (Å²) >= 11 is 0. The molecule has 19 heavy (non-hydrogen) atoms. The van der Waals surface area contributed by atoms with E-state index >= 15 is 0 Å². The molecular weight excluding hydrogens is 238 g/mol. The number of rotatable bonds is 5. The second kappa shape index (κ2) is 6.71. The molecular formula is C16H17NO2. The summed E-state index contributed by atoms with van der Waals surface area (Å²) in [6, 6.07) is 19.9.